The first-order valence-corrected chi connectivity index (χ1v) is 4.90. The average molecular weight is 219 g/mol. The van der Waals surface area contributed by atoms with Crippen molar-refractivity contribution in [2.75, 3.05) is 0 Å². The number of carbonyl (C=O) groups is 1. The van der Waals surface area contributed by atoms with Crippen molar-refractivity contribution in [3.05, 3.63) is 29.8 Å². The number of phenols is 1. The molecule has 2 N–H and O–H groups in total. The molecule has 0 aliphatic heterocycles. The van der Waals surface area contributed by atoms with Gasteiger partial charge < -0.3 is 10.2 Å². The van der Waals surface area contributed by atoms with Crippen LogP contribution in [0.3, 0.4) is 0 Å². The van der Waals surface area contributed by atoms with Crippen LogP contribution in [0.4, 0.5) is 0 Å². The number of hydrogen-bond acceptors (Lipinski definition) is 3. The molecule has 16 heavy (non-hydrogen) atoms. The molecule has 0 heterocycles. The van der Waals surface area contributed by atoms with Crippen LogP contribution in [-0.2, 0) is 10.2 Å². The van der Waals surface area contributed by atoms with Crippen LogP contribution in [0.2, 0.25) is 0 Å². The molecule has 0 spiro atoms. The van der Waals surface area contributed by atoms with Crippen LogP contribution in [0.25, 0.3) is 0 Å². The van der Waals surface area contributed by atoms with E-state index in [4.69, 9.17) is 10.4 Å². The zero-order valence-electron chi connectivity index (χ0n) is 8.97. The maximum atomic E-state index is 11.2. The van der Waals surface area contributed by atoms with Gasteiger partial charge in [-0.1, -0.05) is 12.1 Å². The Kier molecular flexibility index (Phi) is 3.51. The third-order valence-corrected chi connectivity index (χ3v) is 2.71. The smallest absolute Gasteiger partial charge is 0.313 e. The fraction of sp³-hybridized carbons (Fsp3) is 0.333. The third kappa shape index (κ3) is 2.31. The van der Waals surface area contributed by atoms with E-state index in [9.17, 15) is 9.90 Å². The number of aromatic hydroxyl groups is 1. The molecular weight excluding hydrogens is 206 g/mol. The van der Waals surface area contributed by atoms with Crippen molar-refractivity contribution in [2.45, 2.75) is 25.2 Å². The molecule has 0 radical (unpaired) electrons. The van der Waals surface area contributed by atoms with Gasteiger partial charge in [-0.25, -0.2) is 0 Å². The lowest BCUT2D eigenvalue weighted by molar-refractivity contribution is -0.143. The quantitative estimate of drug-likeness (QED) is 0.811. The average Bonchev–Trinajstić information content (AvgIpc) is 2.26. The monoisotopic (exact) mass is 219 g/mol. The van der Waals surface area contributed by atoms with Gasteiger partial charge in [-0.3, -0.25) is 4.79 Å². The van der Waals surface area contributed by atoms with E-state index in [0.717, 1.165) is 0 Å². The molecule has 1 unspecified atom stereocenters. The molecule has 0 aromatic heterocycles. The van der Waals surface area contributed by atoms with Crippen molar-refractivity contribution in [3.8, 4) is 11.8 Å². The van der Waals surface area contributed by atoms with Crippen LogP contribution in [0.1, 0.15) is 25.3 Å². The van der Waals surface area contributed by atoms with Crippen molar-refractivity contribution in [3.63, 3.8) is 0 Å². The van der Waals surface area contributed by atoms with Gasteiger partial charge in [0.2, 0.25) is 0 Å². The molecule has 1 aromatic rings. The van der Waals surface area contributed by atoms with E-state index >= 15 is 0 Å². The SMILES string of the molecule is CC(CCC#N)(C(=O)O)c1ccc(O)cc1. The minimum Gasteiger partial charge on any atom is -0.508 e. The van der Waals surface area contributed by atoms with Crippen molar-refractivity contribution >= 4 is 5.97 Å². The highest BCUT2D eigenvalue weighted by atomic mass is 16.4. The number of benzene rings is 1. The molecule has 1 rings (SSSR count). The maximum Gasteiger partial charge on any atom is 0.313 e. The summed E-state index contributed by atoms with van der Waals surface area (Å²) in [5.74, 6) is -0.870. The van der Waals surface area contributed by atoms with E-state index in [1.807, 2.05) is 6.07 Å². The number of carboxylic acid groups (broad SMARTS) is 1. The largest absolute Gasteiger partial charge is 0.508 e. The first-order chi connectivity index (χ1) is 7.50. The van der Waals surface area contributed by atoms with Crippen LogP contribution < -0.4 is 0 Å². The number of nitrogens with zero attached hydrogens (tertiary/aromatic N) is 1. The molecule has 0 saturated carbocycles. The fourth-order valence-electron chi connectivity index (χ4n) is 1.51. The summed E-state index contributed by atoms with van der Waals surface area (Å²) in [7, 11) is 0. The number of aliphatic carboxylic acids is 1. The Labute approximate surface area is 93.8 Å². The van der Waals surface area contributed by atoms with Gasteiger partial charge in [0.05, 0.1) is 11.5 Å². The van der Waals surface area contributed by atoms with Gasteiger partial charge in [0.1, 0.15) is 5.75 Å². The minimum absolute atomic E-state index is 0.0942. The summed E-state index contributed by atoms with van der Waals surface area (Å²) in [5, 5.41) is 26.9. The zero-order valence-corrected chi connectivity index (χ0v) is 8.97. The van der Waals surface area contributed by atoms with Gasteiger partial charge >= 0.3 is 5.97 Å². The number of carboxylic acids is 1. The second-order valence-electron chi connectivity index (χ2n) is 3.84. The Hall–Kier alpha value is -2.02. The molecule has 0 amide bonds. The number of phenolic OH excluding ortho intramolecular Hbond substituents is 1. The standard InChI is InChI=1S/C12H13NO3/c1-12(11(15)16,7-2-8-13)9-3-5-10(14)6-4-9/h3-6,14H,2,7H2,1H3,(H,15,16). The van der Waals surface area contributed by atoms with Crippen LogP contribution in [-0.4, -0.2) is 16.2 Å². The normalized spacial score (nSPS) is 13.8. The maximum absolute atomic E-state index is 11.2. The molecule has 4 nitrogen and oxygen atoms in total. The third-order valence-electron chi connectivity index (χ3n) is 2.71. The lowest BCUT2D eigenvalue weighted by atomic mass is 9.79. The second kappa shape index (κ2) is 4.67. The van der Waals surface area contributed by atoms with Crippen LogP contribution in [0.15, 0.2) is 24.3 Å². The summed E-state index contributed by atoms with van der Waals surface area (Å²) < 4.78 is 0. The summed E-state index contributed by atoms with van der Waals surface area (Å²) in [6.45, 7) is 1.58. The molecular formula is C12H13NO3. The predicted octanol–water partition coefficient (Wildman–Crippen LogP) is 2.04. The van der Waals surface area contributed by atoms with Crippen LogP contribution >= 0.6 is 0 Å². The number of hydrogen-bond donors (Lipinski definition) is 2. The number of nitriles is 1. The second-order valence-corrected chi connectivity index (χ2v) is 3.84. The highest BCUT2D eigenvalue weighted by molar-refractivity contribution is 5.80. The van der Waals surface area contributed by atoms with Crippen molar-refractivity contribution in [1.29, 1.82) is 5.26 Å². The van der Waals surface area contributed by atoms with Gasteiger partial charge in [0, 0.05) is 6.42 Å². The zero-order chi connectivity index (χ0) is 12.2. The van der Waals surface area contributed by atoms with E-state index in [2.05, 4.69) is 0 Å². The van der Waals surface area contributed by atoms with Gasteiger partial charge in [-0.15, -0.1) is 0 Å². The molecule has 0 fully saturated rings. The first kappa shape index (κ1) is 12.1. The lowest BCUT2D eigenvalue weighted by Gasteiger charge is -2.24. The van der Waals surface area contributed by atoms with E-state index in [-0.39, 0.29) is 18.6 Å². The molecule has 84 valence electrons. The number of rotatable bonds is 4. The van der Waals surface area contributed by atoms with Gasteiger partial charge in [0.25, 0.3) is 0 Å². The molecule has 1 atom stereocenters. The summed E-state index contributed by atoms with van der Waals surface area (Å²) in [6.07, 6.45) is 0.438. The lowest BCUT2D eigenvalue weighted by Crippen LogP contribution is -2.32. The van der Waals surface area contributed by atoms with Gasteiger partial charge in [0.15, 0.2) is 0 Å². The highest BCUT2D eigenvalue weighted by Crippen LogP contribution is 2.30. The molecule has 0 aliphatic rings. The van der Waals surface area contributed by atoms with Gasteiger partial charge in [-0.05, 0) is 31.0 Å². The summed E-state index contributed by atoms with van der Waals surface area (Å²) in [6, 6.07) is 7.98. The van der Waals surface area contributed by atoms with Crippen molar-refractivity contribution in [2.24, 2.45) is 0 Å². The Morgan fingerprint density at radius 2 is 2.00 bits per heavy atom. The summed E-state index contributed by atoms with van der Waals surface area (Å²) >= 11 is 0. The van der Waals surface area contributed by atoms with E-state index in [1.54, 1.807) is 19.1 Å². The van der Waals surface area contributed by atoms with Crippen molar-refractivity contribution in [1.82, 2.24) is 0 Å². The molecule has 1 aromatic carbocycles. The fourth-order valence-corrected chi connectivity index (χ4v) is 1.51. The molecule has 4 heteroatoms. The topological polar surface area (TPSA) is 81.3 Å². The van der Waals surface area contributed by atoms with Crippen molar-refractivity contribution < 1.29 is 15.0 Å². The summed E-state index contributed by atoms with van der Waals surface area (Å²) in [4.78, 5) is 11.2. The Balaban J connectivity index is 3.07. The van der Waals surface area contributed by atoms with Gasteiger partial charge in [-0.2, -0.15) is 5.26 Å². The molecule has 0 aliphatic carbocycles. The van der Waals surface area contributed by atoms with E-state index in [1.165, 1.54) is 12.1 Å². The van der Waals surface area contributed by atoms with E-state index in [0.29, 0.717) is 5.56 Å². The molecule has 0 bridgehead atoms. The predicted molar refractivity (Wildman–Crippen MR) is 57.9 cm³/mol. The Morgan fingerprint density at radius 3 is 2.44 bits per heavy atom. The Morgan fingerprint density at radius 1 is 1.44 bits per heavy atom. The highest BCUT2D eigenvalue weighted by Gasteiger charge is 2.34. The first-order valence-electron chi connectivity index (χ1n) is 4.90. The minimum atomic E-state index is -1.08. The van der Waals surface area contributed by atoms with Crippen LogP contribution in [0.5, 0.6) is 5.75 Å². The van der Waals surface area contributed by atoms with E-state index < -0.39 is 11.4 Å². The summed E-state index contributed by atoms with van der Waals surface area (Å²) in [5.41, 5.74) is -0.489. The molecule has 0 saturated heterocycles. The Bertz CT molecular complexity index is 419. The van der Waals surface area contributed by atoms with Crippen LogP contribution in [0, 0.1) is 11.3 Å².